The molecule has 1 aromatic heterocycles. The highest BCUT2D eigenvalue weighted by Gasteiger charge is 2.17. The number of anilines is 1. The zero-order valence-electron chi connectivity index (χ0n) is 17.5. The highest BCUT2D eigenvalue weighted by atomic mass is 32.1. The number of benzene rings is 3. The van der Waals surface area contributed by atoms with E-state index in [0.717, 1.165) is 10.2 Å². The number of fused-ring (bicyclic) bond motifs is 2. The van der Waals surface area contributed by atoms with Crippen molar-refractivity contribution in [2.75, 3.05) is 18.5 Å². The van der Waals surface area contributed by atoms with Crippen molar-refractivity contribution in [1.82, 2.24) is 10.3 Å². The number of aromatic hydroxyl groups is 1. The Balaban J connectivity index is 1.34. The van der Waals surface area contributed by atoms with Gasteiger partial charge >= 0.3 is 0 Å². The van der Waals surface area contributed by atoms with Gasteiger partial charge in [-0.3, -0.25) is 10.1 Å². The lowest BCUT2D eigenvalue weighted by molar-refractivity contribution is 0.0976. The van der Waals surface area contributed by atoms with E-state index in [0.29, 0.717) is 52.1 Å². The number of phenolic OH excluding ortho intramolecular Hbond substituents is 1. The van der Waals surface area contributed by atoms with Gasteiger partial charge in [0.15, 0.2) is 16.6 Å². The van der Waals surface area contributed by atoms with Crippen LogP contribution in [-0.2, 0) is 0 Å². The maximum absolute atomic E-state index is 12.7. The molecule has 3 aromatic carbocycles. The second-order valence-electron chi connectivity index (χ2n) is 7.44. The number of nitrogens with zero attached hydrogens (tertiary/aromatic N) is 1. The van der Waals surface area contributed by atoms with Crippen molar-refractivity contribution in [3.63, 3.8) is 0 Å². The molecule has 33 heavy (non-hydrogen) atoms. The molecule has 0 saturated heterocycles. The number of hydrogen-bond donors (Lipinski definition) is 3. The second-order valence-corrected chi connectivity index (χ2v) is 8.88. The molecular formula is C24H19N3O4S2. The summed E-state index contributed by atoms with van der Waals surface area (Å²) in [6.07, 6.45) is 0. The monoisotopic (exact) mass is 477 g/mol. The van der Waals surface area contributed by atoms with Crippen molar-refractivity contribution < 1.29 is 19.4 Å². The number of amides is 1. The molecule has 166 valence electrons. The smallest absolute Gasteiger partial charge is 0.257 e. The van der Waals surface area contributed by atoms with Crippen LogP contribution in [0.4, 0.5) is 5.69 Å². The highest BCUT2D eigenvalue weighted by Crippen LogP contribution is 2.39. The topological polar surface area (TPSA) is 92.7 Å². The van der Waals surface area contributed by atoms with Gasteiger partial charge in [0.25, 0.3) is 5.91 Å². The van der Waals surface area contributed by atoms with Crippen LogP contribution in [0.1, 0.15) is 15.9 Å². The Morgan fingerprint density at radius 3 is 2.70 bits per heavy atom. The molecule has 9 heteroatoms. The number of aryl methyl sites for hydroxylation is 1. The maximum Gasteiger partial charge on any atom is 0.257 e. The third kappa shape index (κ3) is 4.33. The fourth-order valence-corrected chi connectivity index (χ4v) is 4.72. The van der Waals surface area contributed by atoms with Gasteiger partial charge < -0.3 is 19.9 Å². The Morgan fingerprint density at radius 2 is 1.88 bits per heavy atom. The van der Waals surface area contributed by atoms with Gasteiger partial charge in [0, 0.05) is 11.3 Å². The molecule has 0 bridgehead atoms. The number of ether oxygens (including phenoxy) is 2. The maximum atomic E-state index is 12.7. The zero-order valence-corrected chi connectivity index (χ0v) is 19.2. The molecule has 0 radical (unpaired) electrons. The summed E-state index contributed by atoms with van der Waals surface area (Å²) in [6.45, 7) is 2.72. The molecule has 0 atom stereocenters. The second kappa shape index (κ2) is 8.68. The van der Waals surface area contributed by atoms with Crippen molar-refractivity contribution in [3.8, 4) is 27.8 Å². The summed E-state index contributed by atoms with van der Waals surface area (Å²) >= 11 is 6.84. The van der Waals surface area contributed by atoms with E-state index < -0.39 is 0 Å². The van der Waals surface area contributed by atoms with Crippen LogP contribution in [0.25, 0.3) is 20.8 Å². The van der Waals surface area contributed by atoms with Crippen LogP contribution in [0.3, 0.4) is 0 Å². The molecule has 0 unspecified atom stereocenters. The Labute approximate surface area is 199 Å². The lowest BCUT2D eigenvalue weighted by Crippen LogP contribution is -2.34. The highest BCUT2D eigenvalue weighted by molar-refractivity contribution is 7.80. The molecule has 3 N–H and O–H groups in total. The molecule has 0 fully saturated rings. The number of carbonyl (C=O) groups excluding carboxylic acids is 1. The summed E-state index contributed by atoms with van der Waals surface area (Å²) in [5, 5.41) is 17.2. The van der Waals surface area contributed by atoms with E-state index in [2.05, 4.69) is 15.6 Å². The summed E-state index contributed by atoms with van der Waals surface area (Å²) in [5.74, 6) is 0.931. The SMILES string of the molecule is Cc1cc(NC(=S)NC(=O)c2ccc3c(c2)OCCO3)cc(-c2nc3ccccc3s2)c1O. The van der Waals surface area contributed by atoms with E-state index in [1.165, 1.54) is 11.3 Å². The first-order chi connectivity index (χ1) is 16.0. The molecule has 1 aliphatic rings. The third-order valence-corrected chi connectivity index (χ3v) is 6.39. The molecule has 4 aromatic rings. The van der Waals surface area contributed by atoms with Gasteiger partial charge in [0.05, 0.1) is 15.8 Å². The molecule has 0 aliphatic carbocycles. The molecule has 0 saturated carbocycles. The number of carbonyl (C=O) groups is 1. The minimum absolute atomic E-state index is 0.134. The lowest BCUT2D eigenvalue weighted by atomic mass is 10.1. The molecule has 0 spiro atoms. The third-order valence-electron chi connectivity index (χ3n) is 5.11. The predicted octanol–water partition coefficient (Wildman–Crippen LogP) is 4.88. The van der Waals surface area contributed by atoms with Crippen LogP contribution < -0.4 is 20.1 Å². The van der Waals surface area contributed by atoms with E-state index in [-0.39, 0.29) is 16.8 Å². The average Bonchev–Trinajstić information content (AvgIpc) is 3.25. The Bertz CT molecular complexity index is 1370. The van der Waals surface area contributed by atoms with Gasteiger partial charge in [-0.25, -0.2) is 4.98 Å². The molecule has 1 amide bonds. The van der Waals surface area contributed by atoms with Crippen LogP contribution in [0, 0.1) is 6.92 Å². The lowest BCUT2D eigenvalue weighted by Gasteiger charge is -2.19. The van der Waals surface area contributed by atoms with Gasteiger partial charge in [-0.1, -0.05) is 12.1 Å². The number of aromatic nitrogens is 1. The van der Waals surface area contributed by atoms with Gasteiger partial charge in [-0.15, -0.1) is 11.3 Å². The molecule has 5 rings (SSSR count). The molecule has 2 heterocycles. The van der Waals surface area contributed by atoms with Gasteiger partial charge in [-0.2, -0.15) is 0 Å². The first-order valence-corrected chi connectivity index (χ1v) is 11.4. The number of phenols is 1. The van der Waals surface area contributed by atoms with Crippen molar-refractivity contribution >= 4 is 50.5 Å². The summed E-state index contributed by atoms with van der Waals surface area (Å²) in [4.78, 5) is 17.3. The summed E-state index contributed by atoms with van der Waals surface area (Å²) < 4.78 is 12.1. The summed E-state index contributed by atoms with van der Waals surface area (Å²) in [7, 11) is 0. The van der Waals surface area contributed by atoms with Crippen molar-refractivity contribution in [2.24, 2.45) is 0 Å². The number of hydrogen-bond acceptors (Lipinski definition) is 7. The van der Waals surface area contributed by atoms with Gasteiger partial charge in [0.1, 0.15) is 24.0 Å². The minimum atomic E-state index is -0.369. The normalized spacial score (nSPS) is 12.4. The fraction of sp³-hybridized carbons (Fsp3) is 0.125. The summed E-state index contributed by atoms with van der Waals surface area (Å²) in [6, 6.07) is 16.3. The number of para-hydroxylation sites is 1. The minimum Gasteiger partial charge on any atom is -0.507 e. The summed E-state index contributed by atoms with van der Waals surface area (Å²) in [5.41, 5.74) is 3.16. The average molecular weight is 478 g/mol. The van der Waals surface area contributed by atoms with Crippen molar-refractivity contribution in [2.45, 2.75) is 6.92 Å². The molecule has 1 aliphatic heterocycles. The number of nitrogens with one attached hydrogen (secondary N) is 2. The van der Waals surface area contributed by atoms with Gasteiger partial charge in [-0.05, 0) is 67.2 Å². The van der Waals surface area contributed by atoms with Crippen LogP contribution in [0.2, 0.25) is 0 Å². The predicted molar refractivity (Wildman–Crippen MR) is 133 cm³/mol. The van der Waals surface area contributed by atoms with E-state index in [1.54, 1.807) is 37.3 Å². The molecule has 7 nitrogen and oxygen atoms in total. The van der Waals surface area contributed by atoms with Crippen molar-refractivity contribution in [1.29, 1.82) is 0 Å². The van der Waals surface area contributed by atoms with E-state index in [4.69, 9.17) is 21.7 Å². The van der Waals surface area contributed by atoms with Gasteiger partial charge in [0.2, 0.25) is 0 Å². The standard InChI is InChI=1S/C24H19N3O4S2/c1-13-10-15(12-16(21(13)28)23-26-17-4-2-3-5-20(17)33-23)25-24(32)27-22(29)14-6-7-18-19(11-14)31-9-8-30-18/h2-7,10-12,28H,8-9H2,1H3,(H2,25,27,29,32). The quantitative estimate of drug-likeness (QED) is 0.286. The van der Waals surface area contributed by atoms with E-state index in [9.17, 15) is 9.90 Å². The first-order valence-electron chi connectivity index (χ1n) is 10.2. The van der Waals surface area contributed by atoms with Crippen LogP contribution >= 0.6 is 23.6 Å². The van der Waals surface area contributed by atoms with E-state index >= 15 is 0 Å². The Hall–Kier alpha value is -3.69. The van der Waals surface area contributed by atoms with Crippen LogP contribution in [0.5, 0.6) is 17.2 Å². The Kier molecular flexibility index (Phi) is 5.57. The zero-order chi connectivity index (χ0) is 22.9. The number of rotatable bonds is 3. The number of thiocarbonyl (C=S) groups is 1. The number of thiazole rings is 1. The molecular weight excluding hydrogens is 458 g/mol. The fourth-order valence-electron chi connectivity index (χ4n) is 3.52. The van der Waals surface area contributed by atoms with Crippen LogP contribution in [-0.4, -0.2) is 34.3 Å². The Morgan fingerprint density at radius 1 is 1.09 bits per heavy atom. The van der Waals surface area contributed by atoms with Crippen molar-refractivity contribution in [3.05, 3.63) is 65.7 Å². The van der Waals surface area contributed by atoms with Crippen LogP contribution in [0.15, 0.2) is 54.6 Å². The first kappa shape index (κ1) is 21.2. The van der Waals surface area contributed by atoms with E-state index in [1.807, 2.05) is 24.3 Å². The largest absolute Gasteiger partial charge is 0.507 e.